The molecule has 1 aromatic heterocycles. The van der Waals surface area contributed by atoms with Crippen molar-refractivity contribution in [3.63, 3.8) is 0 Å². The van der Waals surface area contributed by atoms with Gasteiger partial charge in [0, 0.05) is 18.5 Å². The van der Waals surface area contributed by atoms with Crippen molar-refractivity contribution < 1.29 is 17.6 Å². The summed E-state index contributed by atoms with van der Waals surface area (Å²) in [7, 11) is -3.66. The fourth-order valence-corrected chi connectivity index (χ4v) is 3.51. The first kappa shape index (κ1) is 18.8. The minimum atomic E-state index is -3.66. The van der Waals surface area contributed by atoms with Crippen LogP contribution in [0.1, 0.15) is 15.9 Å². The summed E-state index contributed by atoms with van der Waals surface area (Å²) in [4.78, 5) is 24.3. The van der Waals surface area contributed by atoms with E-state index in [1.807, 2.05) is 6.92 Å². The molecule has 27 heavy (non-hydrogen) atoms. The molecule has 0 aliphatic rings. The molecule has 0 fully saturated rings. The second kappa shape index (κ2) is 7.73. The fourth-order valence-electron chi connectivity index (χ4n) is 2.48. The second-order valence-electron chi connectivity index (χ2n) is 5.95. The third-order valence-corrected chi connectivity index (χ3v) is 5.40. The molecule has 7 nitrogen and oxygen atoms in total. The van der Waals surface area contributed by atoms with Crippen LogP contribution in [0.3, 0.4) is 0 Å². The second-order valence-corrected chi connectivity index (χ2v) is 7.72. The summed E-state index contributed by atoms with van der Waals surface area (Å²) in [5.74, 6) is -0.621. The number of para-hydroxylation sites is 1. The zero-order chi connectivity index (χ0) is 19.4. The molecule has 140 valence electrons. The molecule has 0 aliphatic heterocycles. The predicted octanol–water partition coefficient (Wildman–Crippen LogP) is 1.81. The molecule has 0 spiro atoms. The molecule has 2 aromatic carbocycles. The normalized spacial score (nSPS) is 11.4. The SMILES string of the molecule is Cc1ccc(S(=O)(=O)NCCNC(=O)c2cc3ccccc3oc2=O)cc1. The Labute approximate surface area is 156 Å². The number of fused-ring (bicyclic) bond motifs is 1. The standard InChI is InChI=1S/C19H18N2O5S/c1-13-6-8-15(9-7-13)27(24,25)21-11-10-20-18(22)16-12-14-4-2-3-5-17(14)26-19(16)23/h2-9,12,21H,10-11H2,1H3,(H,20,22). The van der Waals surface area contributed by atoms with E-state index in [1.54, 1.807) is 36.4 Å². The van der Waals surface area contributed by atoms with Crippen molar-refractivity contribution in [2.24, 2.45) is 0 Å². The summed E-state index contributed by atoms with van der Waals surface area (Å²) in [6, 6.07) is 14.7. The van der Waals surface area contributed by atoms with Crippen LogP contribution in [0, 0.1) is 6.92 Å². The van der Waals surface area contributed by atoms with Gasteiger partial charge in [-0.1, -0.05) is 35.9 Å². The van der Waals surface area contributed by atoms with Gasteiger partial charge in [-0.3, -0.25) is 4.79 Å². The van der Waals surface area contributed by atoms with E-state index >= 15 is 0 Å². The van der Waals surface area contributed by atoms with Crippen molar-refractivity contribution in [1.82, 2.24) is 10.0 Å². The molecular formula is C19H18N2O5S. The first-order valence-corrected chi connectivity index (χ1v) is 9.72. The lowest BCUT2D eigenvalue weighted by Crippen LogP contribution is -2.36. The maximum Gasteiger partial charge on any atom is 0.349 e. The van der Waals surface area contributed by atoms with Crippen molar-refractivity contribution in [1.29, 1.82) is 0 Å². The van der Waals surface area contributed by atoms with E-state index in [0.717, 1.165) is 5.56 Å². The Balaban J connectivity index is 1.61. The largest absolute Gasteiger partial charge is 0.422 e. The maximum absolute atomic E-state index is 12.2. The molecule has 2 N–H and O–H groups in total. The van der Waals surface area contributed by atoms with E-state index in [9.17, 15) is 18.0 Å². The first-order valence-electron chi connectivity index (χ1n) is 8.24. The number of benzene rings is 2. The van der Waals surface area contributed by atoms with Crippen molar-refractivity contribution in [3.05, 3.63) is 76.1 Å². The van der Waals surface area contributed by atoms with E-state index in [-0.39, 0.29) is 23.5 Å². The van der Waals surface area contributed by atoms with Gasteiger partial charge in [0.1, 0.15) is 11.1 Å². The third kappa shape index (κ3) is 4.42. The van der Waals surface area contributed by atoms with E-state index in [4.69, 9.17) is 4.42 Å². The van der Waals surface area contributed by atoms with Crippen LogP contribution in [0.2, 0.25) is 0 Å². The summed E-state index contributed by atoms with van der Waals surface area (Å²) in [5.41, 5.74) is 0.474. The highest BCUT2D eigenvalue weighted by molar-refractivity contribution is 7.89. The summed E-state index contributed by atoms with van der Waals surface area (Å²) < 4.78 is 31.9. The van der Waals surface area contributed by atoms with Gasteiger partial charge in [0.2, 0.25) is 10.0 Å². The Morgan fingerprint density at radius 1 is 1.04 bits per heavy atom. The number of rotatable bonds is 6. The molecule has 0 radical (unpaired) electrons. The number of aryl methyl sites for hydroxylation is 1. The number of sulfonamides is 1. The number of hydrogen-bond acceptors (Lipinski definition) is 5. The van der Waals surface area contributed by atoms with Crippen molar-refractivity contribution in [2.75, 3.05) is 13.1 Å². The van der Waals surface area contributed by atoms with Crippen molar-refractivity contribution in [3.8, 4) is 0 Å². The van der Waals surface area contributed by atoms with E-state index in [1.165, 1.54) is 18.2 Å². The lowest BCUT2D eigenvalue weighted by Gasteiger charge is -2.08. The van der Waals surface area contributed by atoms with Crippen LogP contribution in [-0.4, -0.2) is 27.4 Å². The van der Waals surface area contributed by atoms with Crippen LogP contribution in [0.4, 0.5) is 0 Å². The zero-order valence-electron chi connectivity index (χ0n) is 14.6. The van der Waals surface area contributed by atoms with Crippen LogP contribution >= 0.6 is 0 Å². The molecule has 0 saturated carbocycles. The van der Waals surface area contributed by atoms with Gasteiger partial charge in [0.25, 0.3) is 5.91 Å². The molecule has 0 unspecified atom stereocenters. The molecule has 3 aromatic rings. The summed E-state index contributed by atoms with van der Waals surface area (Å²) >= 11 is 0. The minimum absolute atomic E-state index is 0.0130. The zero-order valence-corrected chi connectivity index (χ0v) is 15.4. The predicted molar refractivity (Wildman–Crippen MR) is 101 cm³/mol. The molecule has 0 aliphatic carbocycles. The molecule has 8 heteroatoms. The molecular weight excluding hydrogens is 368 g/mol. The fraction of sp³-hybridized carbons (Fsp3) is 0.158. The van der Waals surface area contributed by atoms with E-state index < -0.39 is 21.6 Å². The average molecular weight is 386 g/mol. The number of nitrogens with one attached hydrogen (secondary N) is 2. The van der Waals surface area contributed by atoms with Crippen LogP contribution in [0.15, 0.2) is 68.7 Å². The topological polar surface area (TPSA) is 105 Å². The quantitative estimate of drug-likeness (QED) is 0.496. The highest BCUT2D eigenvalue weighted by Gasteiger charge is 2.15. The lowest BCUT2D eigenvalue weighted by molar-refractivity contribution is 0.0951. The maximum atomic E-state index is 12.2. The summed E-state index contributed by atoms with van der Waals surface area (Å²) in [6.07, 6.45) is 0. The third-order valence-electron chi connectivity index (χ3n) is 3.92. The number of carbonyl (C=O) groups excluding carboxylic acids is 1. The van der Waals surface area contributed by atoms with Gasteiger partial charge in [-0.2, -0.15) is 0 Å². The average Bonchev–Trinajstić information content (AvgIpc) is 2.65. The number of hydrogen-bond donors (Lipinski definition) is 2. The highest BCUT2D eigenvalue weighted by atomic mass is 32.2. The molecule has 0 saturated heterocycles. The molecule has 1 heterocycles. The Morgan fingerprint density at radius 2 is 1.74 bits per heavy atom. The number of amides is 1. The molecule has 0 atom stereocenters. The monoisotopic (exact) mass is 386 g/mol. The lowest BCUT2D eigenvalue weighted by atomic mass is 10.2. The molecule has 1 amide bonds. The molecule has 3 rings (SSSR count). The minimum Gasteiger partial charge on any atom is -0.422 e. The Kier molecular flexibility index (Phi) is 5.38. The van der Waals surface area contributed by atoms with Gasteiger partial charge in [-0.25, -0.2) is 17.9 Å². The van der Waals surface area contributed by atoms with E-state index in [2.05, 4.69) is 10.0 Å². The Hall–Kier alpha value is -2.97. The summed E-state index contributed by atoms with van der Waals surface area (Å²) in [6.45, 7) is 1.87. The first-order chi connectivity index (χ1) is 12.9. The van der Waals surface area contributed by atoms with Gasteiger partial charge in [-0.05, 0) is 31.2 Å². The van der Waals surface area contributed by atoms with Gasteiger partial charge < -0.3 is 9.73 Å². The number of carbonyl (C=O) groups is 1. The van der Waals surface area contributed by atoms with Crippen LogP contribution in [0.25, 0.3) is 11.0 Å². The Morgan fingerprint density at radius 3 is 2.48 bits per heavy atom. The van der Waals surface area contributed by atoms with Crippen molar-refractivity contribution in [2.45, 2.75) is 11.8 Å². The van der Waals surface area contributed by atoms with Crippen LogP contribution < -0.4 is 15.7 Å². The smallest absolute Gasteiger partial charge is 0.349 e. The molecule has 0 bridgehead atoms. The Bertz CT molecular complexity index is 1130. The highest BCUT2D eigenvalue weighted by Crippen LogP contribution is 2.12. The van der Waals surface area contributed by atoms with Gasteiger partial charge in [0.15, 0.2) is 0 Å². The van der Waals surface area contributed by atoms with Crippen LogP contribution in [-0.2, 0) is 10.0 Å². The van der Waals surface area contributed by atoms with Gasteiger partial charge in [0.05, 0.1) is 4.90 Å². The van der Waals surface area contributed by atoms with Crippen molar-refractivity contribution >= 4 is 26.9 Å². The van der Waals surface area contributed by atoms with E-state index in [0.29, 0.717) is 11.0 Å². The van der Waals surface area contributed by atoms with Crippen LogP contribution in [0.5, 0.6) is 0 Å². The van der Waals surface area contributed by atoms with Gasteiger partial charge in [-0.15, -0.1) is 0 Å². The van der Waals surface area contributed by atoms with Gasteiger partial charge >= 0.3 is 5.63 Å². The summed E-state index contributed by atoms with van der Waals surface area (Å²) in [5, 5.41) is 3.14.